The first-order chi connectivity index (χ1) is 12.5. The summed E-state index contributed by atoms with van der Waals surface area (Å²) in [6.45, 7) is 8.99. The smallest absolute Gasteiger partial charge is 0.135 e. The normalized spacial score (nSPS) is 57.1. The Morgan fingerprint density at radius 2 is 1.81 bits per heavy atom. The van der Waals surface area contributed by atoms with E-state index in [4.69, 9.17) is 13.6 Å². The number of Topliss-reactive ketones (excluding diaryl/α,β-unsaturated/α-hetero) is 1. The number of hydrogen-bond donors (Lipinski definition) is 2. The van der Waals surface area contributed by atoms with Crippen molar-refractivity contribution >= 4 is 13.6 Å². The van der Waals surface area contributed by atoms with Crippen molar-refractivity contribution in [3.63, 3.8) is 0 Å². The van der Waals surface area contributed by atoms with Crippen molar-refractivity contribution in [3.05, 3.63) is 0 Å². The highest BCUT2D eigenvalue weighted by Crippen LogP contribution is 2.74. The lowest BCUT2D eigenvalue weighted by Crippen LogP contribution is -2.65. The van der Waals surface area contributed by atoms with Crippen LogP contribution in [0.15, 0.2) is 0 Å². The van der Waals surface area contributed by atoms with E-state index in [1.54, 1.807) is 0 Å². The standard InChI is InChI=1S/C23H34BNO2/c1-14-12-19-17-11-15(2)23(27)13-16(26)5-7-21(23,4)18(17)6-8-20(19,3)22(14,24)9-10-25/h14-15,17-19,27H,5-8,11-13,25H2,1-4H3/t14?,15?,17?,18?,19?,20-,21+,22-,23+/m0/s1. The fourth-order valence-electron chi connectivity index (χ4n) is 8.24. The van der Waals surface area contributed by atoms with Crippen molar-refractivity contribution < 1.29 is 9.90 Å². The van der Waals surface area contributed by atoms with Gasteiger partial charge in [0.1, 0.15) is 5.78 Å². The molecular weight excluding hydrogens is 333 g/mol. The summed E-state index contributed by atoms with van der Waals surface area (Å²) < 4.78 is 0. The molecule has 4 aliphatic rings. The van der Waals surface area contributed by atoms with E-state index in [-0.39, 0.29) is 22.5 Å². The van der Waals surface area contributed by atoms with Gasteiger partial charge in [-0.25, -0.2) is 0 Å². The van der Waals surface area contributed by atoms with Crippen molar-refractivity contribution in [2.24, 2.45) is 46.2 Å². The maximum atomic E-state index is 12.2. The molecule has 4 fully saturated rings. The average Bonchev–Trinajstić information content (AvgIpc) is 2.79. The molecule has 4 heteroatoms. The number of rotatable bonds is 0. The SMILES string of the molecule is [B][C@@]1(C#CN)C(C)CC2C3CC(C)[C@]4(O)CC(=O)CC[C@]4(C)C3CC[C@@]21C. The molecular formula is C23H34BNO2. The molecule has 0 heterocycles. The van der Waals surface area contributed by atoms with Gasteiger partial charge in [-0.15, -0.1) is 0 Å². The largest absolute Gasteiger partial charge is 0.389 e. The minimum absolute atomic E-state index is 0.0318. The van der Waals surface area contributed by atoms with E-state index in [2.05, 4.69) is 39.7 Å². The number of fused-ring (bicyclic) bond motifs is 5. The average molecular weight is 367 g/mol. The van der Waals surface area contributed by atoms with Crippen LogP contribution in [0.25, 0.3) is 0 Å². The second-order valence-electron chi connectivity index (χ2n) is 10.8. The lowest BCUT2D eigenvalue weighted by molar-refractivity contribution is -0.226. The van der Waals surface area contributed by atoms with Crippen LogP contribution >= 0.6 is 0 Å². The summed E-state index contributed by atoms with van der Waals surface area (Å²) in [5, 5.41) is 11.2. The molecule has 0 bridgehead atoms. The maximum Gasteiger partial charge on any atom is 0.135 e. The number of hydrogen-bond acceptors (Lipinski definition) is 3. The first-order valence-corrected chi connectivity index (χ1v) is 10.8. The van der Waals surface area contributed by atoms with Crippen LogP contribution in [0, 0.1) is 52.4 Å². The predicted octanol–water partition coefficient (Wildman–Crippen LogP) is 3.45. The lowest BCUT2D eigenvalue weighted by Gasteiger charge is -2.65. The first-order valence-electron chi connectivity index (χ1n) is 10.8. The van der Waals surface area contributed by atoms with Gasteiger partial charge in [0.15, 0.2) is 0 Å². The van der Waals surface area contributed by atoms with E-state index in [0.29, 0.717) is 36.5 Å². The van der Waals surface area contributed by atoms with Crippen LogP contribution in [0.2, 0.25) is 5.31 Å². The number of ketones is 1. The fraction of sp³-hybridized carbons (Fsp3) is 0.870. The van der Waals surface area contributed by atoms with Crippen molar-refractivity contribution in [2.75, 3.05) is 0 Å². The molecule has 146 valence electrons. The Morgan fingerprint density at radius 1 is 1.11 bits per heavy atom. The summed E-state index contributed by atoms with van der Waals surface area (Å²) in [7, 11) is 6.92. The molecule has 4 rings (SSSR count). The summed E-state index contributed by atoms with van der Waals surface area (Å²) in [6.07, 6.45) is 5.95. The number of carbonyl (C=O) groups is 1. The van der Waals surface area contributed by atoms with E-state index in [0.717, 1.165) is 32.1 Å². The predicted molar refractivity (Wildman–Crippen MR) is 108 cm³/mol. The summed E-state index contributed by atoms with van der Waals surface area (Å²) in [4.78, 5) is 12.2. The van der Waals surface area contributed by atoms with Crippen molar-refractivity contribution in [2.45, 2.75) is 83.6 Å². The van der Waals surface area contributed by atoms with Gasteiger partial charge in [0, 0.05) is 29.6 Å². The van der Waals surface area contributed by atoms with Gasteiger partial charge in [0.2, 0.25) is 0 Å². The Morgan fingerprint density at radius 3 is 2.48 bits per heavy atom. The summed E-state index contributed by atoms with van der Waals surface area (Å²) in [5.41, 5.74) is 4.57. The third kappa shape index (κ3) is 2.19. The van der Waals surface area contributed by atoms with Gasteiger partial charge in [-0.1, -0.05) is 33.6 Å². The zero-order chi connectivity index (χ0) is 19.8. The number of aliphatic hydroxyl groups is 1. The van der Waals surface area contributed by atoms with E-state index in [1.165, 1.54) is 0 Å². The Balaban J connectivity index is 1.75. The van der Waals surface area contributed by atoms with Crippen LogP contribution in [-0.2, 0) is 4.79 Å². The monoisotopic (exact) mass is 367 g/mol. The minimum Gasteiger partial charge on any atom is -0.389 e. The van der Waals surface area contributed by atoms with Crippen LogP contribution in [-0.4, -0.2) is 24.3 Å². The molecule has 4 aliphatic carbocycles. The van der Waals surface area contributed by atoms with Crippen LogP contribution in [0.4, 0.5) is 0 Å². The molecule has 0 aliphatic heterocycles. The first kappa shape index (κ1) is 19.4. The van der Waals surface area contributed by atoms with Crippen molar-refractivity contribution in [3.8, 4) is 12.0 Å². The zero-order valence-electron chi connectivity index (χ0n) is 17.3. The van der Waals surface area contributed by atoms with Crippen molar-refractivity contribution in [1.29, 1.82) is 0 Å². The molecule has 0 saturated heterocycles. The Hall–Kier alpha value is -0.945. The summed E-state index contributed by atoms with van der Waals surface area (Å²) in [5.74, 6) is 5.42. The number of nitrogens with two attached hydrogens (primary N) is 1. The van der Waals surface area contributed by atoms with E-state index in [1.807, 2.05) is 0 Å². The molecule has 5 unspecified atom stereocenters. The van der Waals surface area contributed by atoms with Gasteiger partial charge < -0.3 is 10.8 Å². The van der Waals surface area contributed by atoms with E-state index >= 15 is 0 Å². The minimum atomic E-state index is -0.849. The van der Waals surface area contributed by atoms with Gasteiger partial charge >= 0.3 is 0 Å². The molecule has 0 aromatic rings. The summed E-state index contributed by atoms with van der Waals surface area (Å²) >= 11 is 0. The van der Waals surface area contributed by atoms with Crippen LogP contribution in [0.5, 0.6) is 0 Å². The third-order valence-electron chi connectivity index (χ3n) is 10.1. The number of carbonyl (C=O) groups excluding carboxylic acids is 1. The van der Waals surface area contributed by atoms with E-state index in [9.17, 15) is 9.90 Å². The molecule has 4 saturated carbocycles. The van der Waals surface area contributed by atoms with Gasteiger partial charge in [0.05, 0.1) is 13.4 Å². The molecule has 0 aromatic heterocycles. The highest BCUT2D eigenvalue weighted by Gasteiger charge is 2.69. The van der Waals surface area contributed by atoms with Gasteiger partial charge in [-0.05, 0) is 67.1 Å². The Labute approximate surface area is 165 Å². The van der Waals surface area contributed by atoms with Crippen LogP contribution < -0.4 is 5.73 Å². The van der Waals surface area contributed by atoms with Crippen LogP contribution in [0.1, 0.15) is 72.6 Å². The fourth-order valence-corrected chi connectivity index (χ4v) is 8.24. The second-order valence-corrected chi connectivity index (χ2v) is 10.8. The Bertz CT molecular complexity index is 728. The molecule has 0 amide bonds. The summed E-state index contributed by atoms with van der Waals surface area (Å²) in [6, 6.07) is 2.63. The van der Waals surface area contributed by atoms with E-state index < -0.39 is 10.9 Å². The van der Waals surface area contributed by atoms with Gasteiger partial charge in [-0.2, -0.15) is 0 Å². The maximum absolute atomic E-state index is 12.2. The molecule has 0 spiro atoms. The second kappa shape index (κ2) is 5.79. The topological polar surface area (TPSA) is 63.3 Å². The van der Waals surface area contributed by atoms with Crippen LogP contribution in [0.3, 0.4) is 0 Å². The van der Waals surface area contributed by atoms with Gasteiger partial charge in [0.25, 0.3) is 0 Å². The van der Waals surface area contributed by atoms with Crippen molar-refractivity contribution in [1.82, 2.24) is 0 Å². The highest BCUT2D eigenvalue weighted by molar-refractivity contribution is 6.18. The molecule has 0 aromatic carbocycles. The highest BCUT2D eigenvalue weighted by atomic mass is 16.3. The van der Waals surface area contributed by atoms with Gasteiger partial charge in [-0.3, -0.25) is 4.79 Å². The molecule has 3 N–H and O–H groups in total. The lowest BCUT2D eigenvalue weighted by atomic mass is 9.39. The zero-order valence-corrected chi connectivity index (χ0v) is 17.3. The quantitative estimate of drug-likeness (QED) is 0.392. The molecule has 9 atom stereocenters. The molecule has 27 heavy (non-hydrogen) atoms. The Kier molecular flexibility index (Phi) is 4.15. The molecule has 3 nitrogen and oxygen atoms in total. The third-order valence-corrected chi connectivity index (χ3v) is 10.1. The molecule has 2 radical (unpaired) electrons.